The van der Waals surface area contributed by atoms with Crippen LogP contribution in [-0.2, 0) is 13.0 Å². The van der Waals surface area contributed by atoms with Crippen LogP contribution < -0.4 is 5.32 Å². The summed E-state index contributed by atoms with van der Waals surface area (Å²) in [6.07, 6.45) is 2.78. The van der Waals surface area contributed by atoms with Crippen molar-refractivity contribution in [1.82, 2.24) is 19.5 Å². The Morgan fingerprint density at radius 3 is 2.58 bits per heavy atom. The van der Waals surface area contributed by atoms with Crippen molar-refractivity contribution in [3.63, 3.8) is 0 Å². The van der Waals surface area contributed by atoms with Crippen molar-refractivity contribution in [1.29, 1.82) is 0 Å². The minimum atomic E-state index is 0.0819. The highest BCUT2D eigenvalue weighted by atomic mass is 16.3. The molecule has 0 aliphatic carbocycles. The van der Waals surface area contributed by atoms with E-state index in [2.05, 4.69) is 38.2 Å². The molecule has 6 heteroatoms. The number of nitrogens with zero attached hydrogens (tertiary/aromatic N) is 4. The van der Waals surface area contributed by atoms with E-state index in [-0.39, 0.29) is 6.61 Å². The average Bonchev–Trinajstić information content (AvgIpc) is 2.95. The van der Waals surface area contributed by atoms with Gasteiger partial charge >= 0.3 is 0 Å². The molecule has 0 fully saturated rings. The number of aliphatic hydroxyl groups excluding tert-OH is 1. The van der Waals surface area contributed by atoms with E-state index in [0.29, 0.717) is 12.5 Å². The molecule has 0 aromatic carbocycles. The molecule has 3 aromatic heterocycles. The van der Waals surface area contributed by atoms with E-state index in [9.17, 15) is 5.11 Å². The highest BCUT2D eigenvalue weighted by molar-refractivity contribution is 5.82. The Morgan fingerprint density at radius 2 is 1.96 bits per heavy atom. The van der Waals surface area contributed by atoms with E-state index in [4.69, 9.17) is 15.0 Å². The zero-order valence-corrected chi connectivity index (χ0v) is 16.2. The van der Waals surface area contributed by atoms with Crippen molar-refractivity contribution >= 4 is 17.0 Å². The van der Waals surface area contributed by atoms with Crippen LogP contribution in [0.3, 0.4) is 0 Å². The van der Waals surface area contributed by atoms with Gasteiger partial charge in [0.25, 0.3) is 0 Å². The van der Waals surface area contributed by atoms with Crippen molar-refractivity contribution < 1.29 is 5.11 Å². The molecule has 0 aliphatic rings. The molecule has 0 radical (unpaired) electrons. The summed E-state index contributed by atoms with van der Waals surface area (Å²) in [4.78, 5) is 14.6. The molecule has 3 rings (SSSR count). The molecule has 3 aromatic rings. The summed E-state index contributed by atoms with van der Waals surface area (Å²) in [5.74, 6) is 1.19. The Hall–Kier alpha value is -2.47. The molecular weight excluding hydrogens is 326 g/mol. The maximum atomic E-state index is 9.30. The second-order valence-electron chi connectivity index (χ2n) is 6.81. The van der Waals surface area contributed by atoms with E-state index in [0.717, 1.165) is 51.6 Å². The van der Waals surface area contributed by atoms with E-state index in [1.807, 2.05) is 24.7 Å². The number of aryl methyl sites for hydroxylation is 2. The Bertz CT molecular complexity index is 930. The first-order chi connectivity index (χ1) is 12.5. The minimum Gasteiger partial charge on any atom is -0.395 e. The molecule has 0 aliphatic heterocycles. The second kappa shape index (κ2) is 7.41. The standard InChI is InChI=1S/C20H27N5O/c1-6-15-18(14-7-8-16(12(2)3)22-19(14)21-5)24-17-13(4)11-25(9-10-26)20(17)23-15/h7-8,11-12,26H,6,9-10H2,1-5H3,(H,21,22). The third-order valence-corrected chi connectivity index (χ3v) is 4.62. The first-order valence-electron chi connectivity index (χ1n) is 9.16. The number of nitrogens with one attached hydrogen (secondary N) is 1. The number of pyridine rings is 1. The maximum absolute atomic E-state index is 9.30. The third-order valence-electron chi connectivity index (χ3n) is 4.62. The van der Waals surface area contributed by atoms with Crippen LogP contribution in [0.15, 0.2) is 18.3 Å². The van der Waals surface area contributed by atoms with Crippen molar-refractivity contribution in [3.8, 4) is 11.3 Å². The van der Waals surface area contributed by atoms with Gasteiger partial charge in [0.15, 0.2) is 5.65 Å². The van der Waals surface area contributed by atoms with Gasteiger partial charge in [-0.3, -0.25) is 0 Å². The first kappa shape index (κ1) is 18.3. The van der Waals surface area contributed by atoms with Crippen molar-refractivity contribution in [3.05, 3.63) is 35.3 Å². The van der Waals surface area contributed by atoms with E-state index >= 15 is 0 Å². The fourth-order valence-corrected chi connectivity index (χ4v) is 3.20. The average molecular weight is 353 g/mol. The number of rotatable bonds is 6. The van der Waals surface area contributed by atoms with Crippen molar-refractivity contribution in [2.45, 2.75) is 46.6 Å². The second-order valence-corrected chi connectivity index (χ2v) is 6.81. The molecule has 0 atom stereocenters. The van der Waals surface area contributed by atoms with Crippen LogP contribution in [0.2, 0.25) is 0 Å². The molecule has 2 N–H and O–H groups in total. The highest BCUT2D eigenvalue weighted by Crippen LogP contribution is 2.31. The maximum Gasteiger partial charge on any atom is 0.159 e. The van der Waals surface area contributed by atoms with Gasteiger partial charge in [0.05, 0.1) is 18.0 Å². The van der Waals surface area contributed by atoms with Crippen LogP contribution in [0.25, 0.3) is 22.4 Å². The molecule has 26 heavy (non-hydrogen) atoms. The SMILES string of the molecule is CCc1nc2c(nc1-c1ccc(C(C)C)nc1NC)c(C)cn2CCO. The van der Waals surface area contributed by atoms with Gasteiger partial charge < -0.3 is 15.0 Å². The van der Waals surface area contributed by atoms with Gasteiger partial charge in [0.1, 0.15) is 11.3 Å². The zero-order valence-electron chi connectivity index (χ0n) is 16.2. The van der Waals surface area contributed by atoms with Crippen LogP contribution in [0.5, 0.6) is 0 Å². The van der Waals surface area contributed by atoms with Gasteiger partial charge in [-0.2, -0.15) is 0 Å². The number of hydrogen-bond donors (Lipinski definition) is 2. The highest BCUT2D eigenvalue weighted by Gasteiger charge is 2.18. The van der Waals surface area contributed by atoms with Crippen LogP contribution in [-0.4, -0.2) is 38.3 Å². The van der Waals surface area contributed by atoms with Gasteiger partial charge in [-0.15, -0.1) is 0 Å². The van der Waals surface area contributed by atoms with Crippen LogP contribution in [0.1, 0.15) is 43.6 Å². The fraction of sp³-hybridized carbons (Fsp3) is 0.450. The number of fused-ring (bicyclic) bond motifs is 1. The smallest absolute Gasteiger partial charge is 0.159 e. The van der Waals surface area contributed by atoms with E-state index in [1.165, 1.54) is 0 Å². The number of anilines is 1. The number of aliphatic hydroxyl groups is 1. The summed E-state index contributed by atoms with van der Waals surface area (Å²) < 4.78 is 1.97. The van der Waals surface area contributed by atoms with Crippen LogP contribution in [0.4, 0.5) is 5.82 Å². The molecule has 0 saturated carbocycles. The summed E-state index contributed by atoms with van der Waals surface area (Å²) in [5, 5.41) is 12.5. The zero-order chi connectivity index (χ0) is 18.8. The number of hydrogen-bond acceptors (Lipinski definition) is 5. The van der Waals surface area contributed by atoms with Gasteiger partial charge in [-0.1, -0.05) is 20.8 Å². The van der Waals surface area contributed by atoms with Crippen molar-refractivity contribution in [2.24, 2.45) is 0 Å². The van der Waals surface area contributed by atoms with E-state index < -0.39 is 0 Å². The molecule has 0 amide bonds. The largest absolute Gasteiger partial charge is 0.395 e. The lowest BCUT2D eigenvalue weighted by atomic mass is 10.0. The normalized spacial score (nSPS) is 11.5. The molecule has 0 unspecified atom stereocenters. The fourth-order valence-electron chi connectivity index (χ4n) is 3.20. The lowest BCUT2D eigenvalue weighted by molar-refractivity contribution is 0.278. The molecule has 3 heterocycles. The number of aromatic nitrogens is 4. The minimum absolute atomic E-state index is 0.0819. The van der Waals surface area contributed by atoms with Crippen molar-refractivity contribution in [2.75, 3.05) is 19.0 Å². The summed E-state index contributed by atoms with van der Waals surface area (Å²) in [6.45, 7) is 8.99. The predicted molar refractivity (Wildman–Crippen MR) is 106 cm³/mol. The monoisotopic (exact) mass is 353 g/mol. The summed E-state index contributed by atoms with van der Waals surface area (Å²) in [7, 11) is 1.89. The quantitative estimate of drug-likeness (QED) is 0.709. The molecular formula is C20H27N5O. The Balaban J connectivity index is 2.23. The molecule has 0 bridgehead atoms. The predicted octanol–water partition coefficient (Wildman–Crippen LogP) is 3.52. The summed E-state index contributed by atoms with van der Waals surface area (Å²) in [5.41, 5.74) is 6.59. The lowest BCUT2D eigenvalue weighted by Gasteiger charge is -2.14. The van der Waals surface area contributed by atoms with Gasteiger partial charge in [-0.05, 0) is 37.0 Å². The third kappa shape index (κ3) is 3.17. The summed E-state index contributed by atoms with van der Waals surface area (Å²) >= 11 is 0. The molecule has 6 nitrogen and oxygen atoms in total. The molecule has 0 spiro atoms. The van der Waals surface area contributed by atoms with Gasteiger partial charge in [0.2, 0.25) is 0 Å². The lowest BCUT2D eigenvalue weighted by Crippen LogP contribution is -2.06. The Labute approximate surface area is 154 Å². The topological polar surface area (TPSA) is 75.9 Å². The summed E-state index contributed by atoms with van der Waals surface area (Å²) in [6, 6.07) is 4.15. The Kier molecular flexibility index (Phi) is 5.23. The van der Waals surface area contributed by atoms with Gasteiger partial charge in [-0.25, -0.2) is 15.0 Å². The Morgan fingerprint density at radius 1 is 1.19 bits per heavy atom. The van der Waals surface area contributed by atoms with E-state index in [1.54, 1.807) is 0 Å². The first-order valence-corrected chi connectivity index (χ1v) is 9.16. The van der Waals surface area contributed by atoms with Crippen LogP contribution >= 0.6 is 0 Å². The van der Waals surface area contributed by atoms with Crippen LogP contribution in [0, 0.1) is 6.92 Å². The van der Waals surface area contributed by atoms with Gasteiger partial charge in [0, 0.05) is 31.0 Å². The molecule has 138 valence electrons. The molecule has 0 saturated heterocycles.